The lowest BCUT2D eigenvalue weighted by molar-refractivity contribution is -0.142. The minimum atomic E-state index is -3.73. The summed E-state index contributed by atoms with van der Waals surface area (Å²) in [4.78, 5) is 15.1. The third-order valence-electron chi connectivity index (χ3n) is 2.91. The molecule has 10 heteroatoms. The van der Waals surface area contributed by atoms with Gasteiger partial charge in [-0.25, -0.2) is 17.8 Å². The van der Waals surface area contributed by atoms with Gasteiger partial charge in [-0.05, 0) is 13.0 Å². The van der Waals surface area contributed by atoms with Crippen LogP contribution in [-0.2, 0) is 25.8 Å². The fraction of sp³-hybridized carbons (Fsp3) is 0.267. The molecule has 2 aromatic rings. The molecule has 2 rings (SSSR count). The fourth-order valence-electron chi connectivity index (χ4n) is 1.97. The molecule has 25 heavy (non-hydrogen) atoms. The predicted molar refractivity (Wildman–Crippen MR) is 93.2 cm³/mol. The van der Waals surface area contributed by atoms with Crippen LogP contribution in [0.25, 0.3) is 0 Å². The van der Waals surface area contributed by atoms with Crippen molar-refractivity contribution in [2.24, 2.45) is 5.10 Å². The maximum absolute atomic E-state index is 13.8. The molecule has 0 aliphatic carbocycles. The van der Waals surface area contributed by atoms with Gasteiger partial charge in [-0.15, -0.1) is 11.3 Å². The zero-order valence-electron chi connectivity index (χ0n) is 13.5. The molecule has 0 bridgehead atoms. The number of hydrazone groups is 1. The molecular weight excluding hydrogens is 369 g/mol. The zero-order valence-corrected chi connectivity index (χ0v) is 15.2. The minimum absolute atomic E-state index is 0.0534. The molecule has 0 saturated carbocycles. The number of hydrogen-bond donors (Lipinski definition) is 1. The van der Waals surface area contributed by atoms with E-state index >= 15 is 0 Å². The molecule has 134 valence electrons. The lowest BCUT2D eigenvalue weighted by Gasteiger charge is -2.04. The van der Waals surface area contributed by atoms with Crippen LogP contribution in [0, 0.1) is 5.82 Å². The molecule has 1 N–H and O–H groups in total. The summed E-state index contributed by atoms with van der Waals surface area (Å²) >= 11 is 1.22. The van der Waals surface area contributed by atoms with Crippen molar-refractivity contribution in [3.8, 4) is 0 Å². The van der Waals surface area contributed by atoms with Crippen LogP contribution in [0.1, 0.15) is 18.2 Å². The standard InChI is InChI=1S/C15H16FN3O4S2/c1-3-23-13(20)7-11-9-24-15(18-11)19-17-8-10-5-4-6-12(16)14(10)25(2,21)22/h4-6,8-9H,3,7H2,1-2H3,(H,18,19). The van der Waals surface area contributed by atoms with E-state index in [0.29, 0.717) is 17.4 Å². The van der Waals surface area contributed by atoms with E-state index in [1.165, 1.54) is 29.7 Å². The number of anilines is 1. The summed E-state index contributed by atoms with van der Waals surface area (Å²) in [5.41, 5.74) is 3.28. The van der Waals surface area contributed by atoms with Gasteiger partial charge in [0.2, 0.25) is 5.13 Å². The smallest absolute Gasteiger partial charge is 0.311 e. The number of carbonyl (C=O) groups is 1. The molecule has 0 aliphatic rings. The Hall–Kier alpha value is -2.33. The Balaban J connectivity index is 2.09. The molecule has 0 aliphatic heterocycles. The van der Waals surface area contributed by atoms with Crippen molar-refractivity contribution >= 4 is 38.5 Å². The molecular formula is C15H16FN3O4S2. The van der Waals surface area contributed by atoms with Gasteiger partial charge in [-0.3, -0.25) is 10.2 Å². The Morgan fingerprint density at radius 2 is 2.24 bits per heavy atom. The zero-order chi connectivity index (χ0) is 18.4. The van der Waals surface area contributed by atoms with Gasteiger partial charge in [0.1, 0.15) is 10.7 Å². The first-order chi connectivity index (χ1) is 11.8. The first-order valence-electron chi connectivity index (χ1n) is 7.19. The van der Waals surface area contributed by atoms with E-state index in [0.717, 1.165) is 12.3 Å². The van der Waals surface area contributed by atoms with Crippen molar-refractivity contribution in [1.29, 1.82) is 0 Å². The van der Waals surface area contributed by atoms with Crippen molar-refractivity contribution in [3.05, 3.63) is 40.7 Å². The van der Waals surface area contributed by atoms with Gasteiger partial charge in [-0.2, -0.15) is 5.10 Å². The van der Waals surface area contributed by atoms with Gasteiger partial charge in [0.15, 0.2) is 9.84 Å². The van der Waals surface area contributed by atoms with Crippen LogP contribution in [0.5, 0.6) is 0 Å². The van der Waals surface area contributed by atoms with E-state index in [2.05, 4.69) is 15.5 Å². The highest BCUT2D eigenvalue weighted by molar-refractivity contribution is 7.90. The number of nitrogens with zero attached hydrogens (tertiary/aromatic N) is 2. The third kappa shape index (κ3) is 5.33. The first-order valence-corrected chi connectivity index (χ1v) is 9.96. The average Bonchev–Trinajstić information content (AvgIpc) is 2.93. The van der Waals surface area contributed by atoms with Crippen molar-refractivity contribution < 1.29 is 22.3 Å². The summed E-state index contributed by atoms with van der Waals surface area (Å²) in [6.07, 6.45) is 2.18. The minimum Gasteiger partial charge on any atom is -0.466 e. The second kappa shape index (κ2) is 8.17. The van der Waals surface area contributed by atoms with Crippen LogP contribution in [0.2, 0.25) is 0 Å². The Bertz CT molecular complexity index is 894. The van der Waals surface area contributed by atoms with Gasteiger partial charge in [-0.1, -0.05) is 12.1 Å². The number of benzene rings is 1. The Morgan fingerprint density at radius 1 is 1.48 bits per heavy atom. The van der Waals surface area contributed by atoms with E-state index in [9.17, 15) is 17.6 Å². The number of rotatable bonds is 7. The molecule has 7 nitrogen and oxygen atoms in total. The molecule has 0 unspecified atom stereocenters. The molecule has 0 atom stereocenters. The van der Waals surface area contributed by atoms with Crippen LogP contribution in [0.3, 0.4) is 0 Å². The second-order valence-corrected chi connectivity index (χ2v) is 7.74. The summed E-state index contributed by atoms with van der Waals surface area (Å²) in [5.74, 6) is -1.21. The monoisotopic (exact) mass is 385 g/mol. The van der Waals surface area contributed by atoms with E-state index in [-0.39, 0.29) is 18.0 Å². The number of thiazole rings is 1. The summed E-state index contributed by atoms with van der Waals surface area (Å²) in [7, 11) is -3.73. The van der Waals surface area contributed by atoms with E-state index in [1.54, 1.807) is 12.3 Å². The van der Waals surface area contributed by atoms with Gasteiger partial charge in [0, 0.05) is 17.2 Å². The number of halogens is 1. The van der Waals surface area contributed by atoms with Gasteiger partial charge in [0.05, 0.1) is 24.9 Å². The summed E-state index contributed by atoms with van der Waals surface area (Å²) in [5, 5.41) is 5.97. The number of sulfone groups is 1. The van der Waals surface area contributed by atoms with Gasteiger partial charge < -0.3 is 4.74 Å². The third-order valence-corrected chi connectivity index (χ3v) is 4.88. The highest BCUT2D eigenvalue weighted by Crippen LogP contribution is 2.19. The van der Waals surface area contributed by atoms with E-state index in [1.807, 2.05) is 0 Å². The van der Waals surface area contributed by atoms with Crippen LogP contribution in [-0.4, -0.2) is 38.4 Å². The molecule has 0 spiro atoms. The second-order valence-electron chi connectivity index (χ2n) is 4.93. The summed E-state index contributed by atoms with van der Waals surface area (Å²) in [6.45, 7) is 2.02. The number of carbonyl (C=O) groups excluding carboxylic acids is 1. The van der Waals surface area contributed by atoms with Crippen LogP contribution >= 0.6 is 11.3 Å². The normalized spacial score (nSPS) is 11.6. The Labute approximate surface area is 148 Å². The highest BCUT2D eigenvalue weighted by atomic mass is 32.2. The lowest BCUT2D eigenvalue weighted by atomic mass is 10.2. The molecule has 0 fully saturated rings. The van der Waals surface area contributed by atoms with Crippen molar-refractivity contribution in [1.82, 2.24) is 4.98 Å². The Morgan fingerprint density at radius 3 is 2.92 bits per heavy atom. The van der Waals surface area contributed by atoms with Gasteiger partial charge in [0.25, 0.3) is 0 Å². The highest BCUT2D eigenvalue weighted by Gasteiger charge is 2.17. The maximum Gasteiger partial charge on any atom is 0.311 e. The summed E-state index contributed by atoms with van der Waals surface area (Å²) < 4.78 is 42.0. The van der Waals surface area contributed by atoms with E-state index in [4.69, 9.17) is 4.74 Å². The van der Waals surface area contributed by atoms with Crippen molar-refractivity contribution in [2.45, 2.75) is 18.2 Å². The molecule has 1 aromatic heterocycles. The number of hydrogen-bond acceptors (Lipinski definition) is 8. The molecule has 1 aromatic carbocycles. The number of nitrogens with one attached hydrogen (secondary N) is 1. The Kier molecular flexibility index (Phi) is 6.21. The SMILES string of the molecule is CCOC(=O)Cc1csc(NN=Cc2cccc(F)c2S(C)(=O)=O)n1. The predicted octanol–water partition coefficient (Wildman–Crippen LogP) is 2.24. The van der Waals surface area contributed by atoms with Crippen LogP contribution in [0.4, 0.5) is 9.52 Å². The quantitative estimate of drug-likeness (QED) is 0.446. The van der Waals surface area contributed by atoms with Crippen molar-refractivity contribution in [2.75, 3.05) is 18.3 Å². The van der Waals surface area contributed by atoms with Crippen LogP contribution < -0.4 is 5.43 Å². The average molecular weight is 385 g/mol. The molecule has 0 saturated heterocycles. The van der Waals surface area contributed by atoms with Gasteiger partial charge >= 0.3 is 5.97 Å². The maximum atomic E-state index is 13.8. The first kappa shape index (κ1) is 19.0. The molecule has 0 amide bonds. The van der Waals surface area contributed by atoms with Crippen molar-refractivity contribution in [3.63, 3.8) is 0 Å². The largest absolute Gasteiger partial charge is 0.466 e. The lowest BCUT2D eigenvalue weighted by Crippen LogP contribution is -2.07. The van der Waals surface area contributed by atoms with Crippen LogP contribution in [0.15, 0.2) is 33.6 Å². The molecule has 1 heterocycles. The number of ether oxygens (including phenoxy) is 1. The number of esters is 1. The fourth-order valence-corrected chi connectivity index (χ4v) is 3.61. The number of aromatic nitrogens is 1. The molecule has 0 radical (unpaired) electrons. The summed E-state index contributed by atoms with van der Waals surface area (Å²) in [6, 6.07) is 3.91. The van der Waals surface area contributed by atoms with E-state index < -0.39 is 20.5 Å². The topological polar surface area (TPSA) is 97.7 Å².